The zero-order valence-electron chi connectivity index (χ0n) is 18.2. The lowest BCUT2D eigenvalue weighted by molar-refractivity contribution is -0.138. The molecule has 2 aromatic rings. The van der Waals surface area contributed by atoms with Crippen molar-refractivity contribution >= 4 is 39.5 Å². The molecule has 0 fully saturated rings. The van der Waals surface area contributed by atoms with E-state index in [0.717, 1.165) is 15.8 Å². The highest BCUT2D eigenvalue weighted by Gasteiger charge is 2.26. The Hall–Kier alpha value is -1.79. The maximum atomic E-state index is 13.1. The molecule has 0 aromatic heterocycles. The molecule has 0 spiro atoms. The van der Waals surface area contributed by atoms with E-state index in [1.54, 1.807) is 23.6 Å². The second-order valence-corrected chi connectivity index (χ2v) is 9.84. The molecule has 1 atom stereocenters. The maximum Gasteiger partial charge on any atom is 0.242 e. The van der Waals surface area contributed by atoms with Crippen LogP contribution in [-0.4, -0.2) is 35.1 Å². The quantitative estimate of drug-likeness (QED) is 0.498. The summed E-state index contributed by atoms with van der Waals surface area (Å²) in [7, 11) is 0. The first-order chi connectivity index (χ1) is 14.3. The molecular formula is C24H31BrN2O2S. The lowest BCUT2D eigenvalue weighted by Gasteiger charge is -2.29. The van der Waals surface area contributed by atoms with Gasteiger partial charge in [0, 0.05) is 23.3 Å². The number of nitrogens with one attached hydrogen (secondary N) is 1. The summed E-state index contributed by atoms with van der Waals surface area (Å²) in [6.45, 7) is 8.98. The van der Waals surface area contributed by atoms with Gasteiger partial charge in [0.15, 0.2) is 0 Å². The number of nitrogens with zero attached hydrogens (tertiary/aromatic N) is 1. The molecule has 4 nitrogen and oxygen atoms in total. The lowest BCUT2D eigenvalue weighted by Crippen LogP contribution is -2.48. The standard InChI is InChI=1S/C24H31BrN2O2S/c1-17(2)13-26-24(29)19(4)27(14-20-7-5-18(3)6-8-20)23(28)16-30-15-21-9-11-22(25)12-10-21/h5-12,17,19H,13-16H2,1-4H3,(H,26,29)/t19-/m1/s1. The topological polar surface area (TPSA) is 49.4 Å². The Morgan fingerprint density at radius 2 is 1.60 bits per heavy atom. The average molecular weight is 491 g/mol. The van der Waals surface area contributed by atoms with Crippen molar-refractivity contribution in [2.45, 2.75) is 46.0 Å². The third-order valence-electron chi connectivity index (χ3n) is 4.73. The fraction of sp³-hybridized carbons (Fsp3) is 0.417. The van der Waals surface area contributed by atoms with Crippen LogP contribution < -0.4 is 5.32 Å². The molecule has 0 aliphatic rings. The molecule has 0 bridgehead atoms. The molecule has 0 saturated carbocycles. The van der Waals surface area contributed by atoms with Crippen LogP contribution in [0.4, 0.5) is 0 Å². The van der Waals surface area contributed by atoms with Gasteiger partial charge in [0.05, 0.1) is 5.75 Å². The molecule has 2 amide bonds. The zero-order valence-corrected chi connectivity index (χ0v) is 20.6. The number of aryl methyl sites for hydroxylation is 1. The number of amides is 2. The normalized spacial score (nSPS) is 11.9. The van der Waals surface area contributed by atoms with Crippen molar-refractivity contribution in [3.05, 3.63) is 69.7 Å². The summed E-state index contributed by atoms with van der Waals surface area (Å²) < 4.78 is 1.04. The number of carbonyl (C=O) groups excluding carboxylic acids is 2. The Bertz CT molecular complexity index is 822. The van der Waals surface area contributed by atoms with E-state index < -0.39 is 6.04 Å². The van der Waals surface area contributed by atoms with Gasteiger partial charge in [-0.1, -0.05) is 71.7 Å². The fourth-order valence-electron chi connectivity index (χ4n) is 2.84. The summed E-state index contributed by atoms with van der Waals surface area (Å²) in [6.07, 6.45) is 0. The Morgan fingerprint density at radius 3 is 2.20 bits per heavy atom. The molecule has 1 N–H and O–H groups in total. The molecule has 0 heterocycles. The van der Waals surface area contributed by atoms with E-state index in [-0.39, 0.29) is 11.8 Å². The van der Waals surface area contributed by atoms with Crippen molar-refractivity contribution in [1.29, 1.82) is 0 Å². The summed E-state index contributed by atoms with van der Waals surface area (Å²) in [6, 6.07) is 15.7. The first-order valence-electron chi connectivity index (χ1n) is 10.2. The number of hydrogen-bond donors (Lipinski definition) is 1. The number of benzene rings is 2. The summed E-state index contributed by atoms with van der Waals surface area (Å²) in [4.78, 5) is 27.4. The van der Waals surface area contributed by atoms with E-state index in [0.29, 0.717) is 24.8 Å². The molecule has 0 unspecified atom stereocenters. The Balaban J connectivity index is 2.04. The van der Waals surface area contributed by atoms with Crippen LogP contribution in [0.3, 0.4) is 0 Å². The molecule has 2 rings (SSSR count). The van der Waals surface area contributed by atoms with Gasteiger partial charge in [0.2, 0.25) is 11.8 Å². The second kappa shape index (κ2) is 12.2. The highest BCUT2D eigenvalue weighted by Crippen LogP contribution is 2.18. The van der Waals surface area contributed by atoms with Crippen molar-refractivity contribution < 1.29 is 9.59 Å². The molecule has 2 aromatic carbocycles. The highest BCUT2D eigenvalue weighted by atomic mass is 79.9. The summed E-state index contributed by atoms with van der Waals surface area (Å²) in [5, 5.41) is 2.96. The van der Waals surface area contributed by atoms with E-state index in [4.69, 9.17) is 0 Å². The molecule has 0 radical (unpaired) electrons. The van der Waals surface area contributed by atoms with Gasteiger partial charge in [-0.25, -0.2) is 0 Å². The van der Waals surface area contributed by atoms with Crippen LogP contribution >= 0.6 is 27.7 Å². The van der Waals surface area contributed by atoms with Gasteiger partial charge in [0.25, 0.3) is 0 Å². The van der Waals surface area contributed by atoms with Crippen molar-refractivity contribution in [2.75, 3.05) is 12.3 Å². The molecule has 0 saturated heterocycles. The van der Waals surface area contributed by atoms with Crippen LogP contribution in [0, 0.1) is 12.8 Å². The van der Waals surface area contributed by atoms with Crippen molar-refractivity contribution in [3.63, 3.8) is 0 Å². The monoisotopic (exact) mass is 490 g/mol. The maximum absolute atomic E-state index is 13.1. The largest absolute Gasteiger partial charge is 0.354 e. The van der Waals surface area contributed by atoms with E-state index in [1.807, 2.05) is 55.5 Å². The van der Waals surface area contributed by atoms with Gasteiger partial charge in [0.1, 0.15) is 6.04 Å². The van der Waals surface area contributed by atoms with Crippen LogP contribution in [0.2, 0.25) is 0 Å². The van der Waals surface area contributed by atoms with E-state index >= 15 is 0 Å². The fourth-order valence-corrected chi connectivity index (χ4v) is 3.98. The highest BCUT2D eigenvalue weighted by molar-refractivity contribution is 9.10. The van der Waals surface area contributed by atoms with Crippen molar-refractivity contribution in [3.8, 4) is 0 Å². The SMILES string of the molecule is Cc1ccc(CN(C(=O)CSCc2ccc(Br)cc2)[C@H](C)C(=O)NCC(C)C)cc1. The molecule has 162 valence electrons. The summed E-state index contributed by atoms with van der Waals surface area (Å²) >= 11 is 5.01. The molecule has 0 aliphatic heterocycles. The van der Waals surface area contributed by atoms with Crippen LogP contribution in [-0.2, 0) is 21.9 Å². The van der Waals surface area contributed by atoms with E-state index in [9.17, 15) is 9.59 Å². The van der Waals surface area contributed by atoms with Gasteiger partial charge in [-0.3, -0.25) is 9.59 Å². The first-order valence-corrected chi connectivity index (χ1v) is 12.2. The lowest BCUT2D eigenvalue weighted by atomic mass is 10.1. The minimum absolute atomic E-state index is 0.0233. The third kappa shape index (κ3) is 8.15. The first kappa shape index (κ1) is 24.5. The number of hydrogen-bond acceptors (Lipinski definition) is 3. The molecule has 6 heteroatoms. The average Bonchev–Trinajstić information content (AvgIpc) is 2.72. The van der Waals surface area contributed by atoms with Crippen molar-refractivity contribution in [1.82, 2.24) is 10.2 Å². The number of rotatable bonds is 10. The van der Waals surface area contributed by atoms with Gasteiger partial charge in [-0.15, -0.1) is 11.8 Å². The van der Waals surface area contributed by atoms with Crippen molar-refractivity contribution in [2.24, 2.45) is 5.92 Å². The number of halogens is 1. The van der Waals surface area contributed by atoms with Crippen LogP contribution in [0.25, 0.3) is 0 Å². The Kier molecular flexibility index (Phi) is 9.92. The van der Waals surface area contributed by atoms with Crippen LogP contribution in [0.5, 0.6) is 0 Å². The van der Waals surface area contributed by atoms with Gasteiger partial charge >= 0.3 is 0 Å². The van der Waals surface area contributed by atoms with Gasteiger partial charge in [-0.05, 0) is 43.0 Å². The minimum atomic E-state index is -0.522. The van der Waals surface area contributed by atoms with E-state index in [1.165, 1.54) is 11.1 Å². The summed E-state index contributed by atoms with van der Waals surface area (Å²) in [5.41, 5.74) is 3.36. The third-order valence-corrected chi connectivity index (χ3v) is 6.25. The molecular weight excluding hydrogens is 460 g/mol. The van der Waals surface area contributed by atoms with E-state index in [2.05, 4.69) is 35.1 Å². The molecule has 30 heavy (non-hydrogen) atoms. The zero-order chi connectivity index (χ0) is 22.1. The minimum Gasteiger partial charge on any atom is -0.354 e. The predicted molar refractivity (Wildman–Crippen MR) is 129 cm³/mol. The Morgan fingerprint density at radius 1 is 1.00 bits per heavy atom. The van der Waals surface area contributed by atoms with Crippen LogP contribution in [0.15, 0.2) is 53.0 Å². The van der Waals surface area contributed by atoms with Gasteiger partial charge < -0.3 is 10.2 Å². The second-order valence-electron chi connectivity index (χ2n) is 7.94. The summed E-state index contributed by atoms with van der Waals surface area (Å²) in [5.74, 6) is 1.32. The smallest absolute Gasteiger partial charge is 0.242 e. The molecule has 0 aliphatic carbocycles. The Labute approximate surface area is 192 Å². The number of thioether (sulfide) groups is 1. The van der Waals surface area contributed by atoms with Crippen LogP contribution in [0.1, 0.15) is 37.5 Å². The van der Waals surface area contributed by atoms with Gasteiger partial charge in [-0.2, -0.15) is 0 Å². The number of carbonyl (C=O) groups is 2. The predicted octanol–water partition coefficient (Wildman–Crippen LogP) is 5.18.